The zero-order valence-corrected chi connectivity index (χ0v) is 14.5. The van der Waals surface area contributed by atoms with Crippen molar-refractivity contribution in [3.05, 3.63) is 57.1 Å². The highest BCUT2D eigenvalue weighted by atomic mass is 35.5. The smallest absolute Gasteiger partial charge is 0.338 e. The number of hydrogen-bond acceptors (Lipinski definition) is 4. The van der Waals surface area contributed by atoms with E-state index in [-0.39, 0.29) is 6.61 Å². The van der Waals surface area contributed by atoms with Crippen LogP contribution in [0.2, 0.25) is 10.0 Å². The minimum Gasteiger partial charge on any atom is -0.493 e. The maximum Gasteiger partial charge on any atom is 0.338 e. The van der Waals surface area contributed by atoms with Gasteiger partial charge in [-0.3, -0.25) is 0 Å². The summed E-state index contributed by atoms with van der Waals surface area (Å²) in [7, 11) is 3.12. The predicted octanol–water partition coefficient (Wildman–Crippen LogP) is 4.68. The molecular formula is C17H16Cl2O4. The fourth-order valence-corrected chi connectivity index (χ4v) is 2.33. The first-order valence-electron chi connectivity index (χ1n) is 6.80. The summed E-state index contributed by atoms with van der Waals surface area (Å²) in [6.45, 7) is 2.02. The molecule has 0 aliphatic carbocycles. The highest BCUT2D eigenvalue weighted by Gasteiger charge is 2.13. The van der Waals surface area contributed by atoms with Crippen molar-refractivity contribution in [2.45, 2.75) is 13.5 Å². The molecule has 122 valence electrons. The van der Waals surface area contributed by atoms with Crippen LogP contribution in [-0.4, -0.2) is 20.2 Å². The van der Waals surface area contributed by atoms with E-state index in [4.69, 9.17) is 37.4 Å². The number of methoxy groups -OCH3 is 2. The molecule has 0 aromatic heterocycles. The van der Waals surface area contributed by atoms with Gasteiger partial charge in [-0.1, -0.05) is 23.2 Å². The van der Waals surface area contributed by atoms with Crippen LogP contribution in [0.5, 0.6) is 11.5 Å². The second-order valence-corrected chi connectivity index (χ2v) is 5.65. The maximum absolute atomic E-state index is 12.1. The number of halogens is 2. The van der Waals surface area contributed by atoms with Gasteiger partial charge in [-0.25, -0.2) is 4.79 Å². The molecule has 2 aromatic carbocycles. The van der Waals surface area contributed by atoms with Crippen molar-refractivity contribution in [3.63, 3.8) is 0 Å². The predicted molar refractivity (Wildman–Crippen MR) is 89.9 cm³/mol. The molecule has 0 aliphatic rings. The molecule has 0 bridgehead atoms. The summed E-state index contributed by atoms with van der Waals surface area (Å²) in [4.78, 5) is 12.1. The van der Waals surface area contributed by atoms with Crippen LogP contribution in [0, 0.1) is 6.92 Å². The van der Waals surface area contributed by atoms with E-state index >= 15 is 0 Å². The molecule has 23 heavy (non-hydrogen) atoms. The molecule has 4 nitrogen and oxygen atoms in total. The minimum absolute atomic E-state index is 0.116. The molecule has 0 saturated carbocycles. The first-order chi connectivity index (χ1) is 11.0. The molecule has 0 fully saturated rings. The SMILES string of the molecule is COc1cc(C)c(COC(=O)c2ccc(Cl)c(Cl)c2)cc1OC. The van der Waals surface area contributed by atoms with Crippen molar-refractivity contribution in [3.8, 4) is 11.5 Å². The Labute approximate surface area is 144 Å². The van der Waals surface area contributed by atoms with Gasteiger partial charge in [0.2, 0.25) is 0 Å². The normalized spacial score (nSPS) is 10.3. The number of carbonyl (C=O) groups is 1. The van der Waals surface area contributed by atoms with Crippen LogP contribution in [-0.2, 0) is 11.3 Å². The number of ether oxygens (including phenoxy) is 3. The zero-order chi connectivity index (χ0) is 17.0. The molecule has 0 radical (unpaired) electrons. The van der Waals surface area contributed by atoms with Gasteiger partial charge in [0.1, 0.15) is 6.61 Å². The van der Waals surface area contributed by atoms with Crippen LogP contribution in [0.4, 0.5) is 0 Å². The summed E-state index contributed by atoms with van der Waals surface area (Å²) in [5, 5.41) is 0.697. The topological polar surface area (TPSA) is 44.8 Å². The largest absolute Gasteiger partial charge is 0.493 e. The number of carbonyl (C=O) groups excluding carboxylic acids is 1. The number of aryl methyl sites for hydroxylation is 1. The molecule has 0 heterocycles. The monoisotopic (exact) mass is 354 g/mol. The van der Waals surface area contributed by atoms with Crippen molar-refractivity contribution in [2.24, 2.45) is 0 Å². The number of rotatable bonds is 5. The molecule has 0 unspecified atom stereocenters. The molecule has 0 spiro atoms. The third-order valence-electron chi connectivity index (χ3n) is 3.36. The van der Waals surface area contributed by atoms with Gasteiger partial charge in [0.05, 0.1) is 29.8 Å². The molecule has 0 amide bonds. The second-order valence-electron chi connectivity index (χ2n) is 4.84. The number of hydrogen-bond donors (Lipinski definition) is 0. The Morgan fingerprint density at radius 2 is 1.65 bits per heavy atom. The van der Waals surface area contributed by atoms with Crippen LogP contribution in [0.1, 0.15) is 21.5 Å². The van der Waals surface area contributed by atoms with Gasteiger partial charge < -0.3 is 14.2 Å². The third kappa shape index (κ3) is 4.09. The fourth-order valence-electron chi connectivity index (χ4n) is 2.03. The van der Waals surface area contributed by atoms with E-state index in [2.05, 4.69) is 0 Å². The van der Waals surface area contributed by atoms with Crippen molar-refractivity contribution in [2.75, 3.05) is 14.2 Å². The Morgan fingerprint density at radius 3 is 2.26 bits per heavy atom. The summed E-state index contributed by atoms with van der Waals surface area (Å²) in [5.41, 5.74) is 2.11. The van der Waals surface area contributed by atoms with Crippen molar-refractivity contribution < 1.29 is 19.0 Å². The first kappa shape index (κ1) is 17.4. The van der Waals surface area contributed by atoms with Gasteiger partial charge >= 0.3 is 5.97 Å². The summed E-state index contributed by atoms with van der Waals surface area (Å²) >= 11 is 11.7. The molecule has 0 N–H and O–H groups in total. The molecule has 0 aliphatic heterocycles. The molecule has 2 rings (SSSR count). The lowest BCUT2D eigenvalue weighted by molar-refractivity contribution is 0.0472. The lowest BCUT2D eigenvalue weighted by atomic mass is 10.1. The molecular weight excluding hydrogens is 339 g/mol. The number of benzene rings is 2. The Balaban J connectivity index is 2.13. The van der Waals surface area contributed by atoms with Crippen LogP contribution in [0.15, 0.2) is 30.3 Å². The zero-order valence-electron chi connectivity index (χ0n) is 13.0. The quantitative estimate of drug-likeness (QED) is 0.731. The van der Waals surface area contributed by atoms with E-state index < -0.39 is 5.97 Å². The Kier molecular flexibility index (Phi) is 5.74. The average molecular weight is 355 g/mol. The van der Waals surface area contributed by atoms with E-state index in [0.717, 1.165) is 11.1 Å². The summed E-state index contributed by atoms with van der Waals surface area (Å²) < 4.78 is 15.8. The minimum atomic E-state index is -0.474. The van der Waals surface area contributed by atoms with Gasteiger partial charge in [-0.15, -0.1) is 0 Å². The first-order valence-corrected chi connectivity index (χ1v) is 7.55. The van der Waals surface area contributed by atoms with Gasteiger partial charge in [-0.05, 0) is 48.4 Å². The van der Waals surface area contributed by atoms with E-state index in [1.807, 2.05) is 13.0 Å². The highest BCUT2D eigenvalue weighted by molar-refractivity contribution is 6.42. The van der Waals surface area contributed by atoms with Gasteiger partial charge in [0.25, 0.3) is 0 Å². The fraction of sp³-hybridized carbons (Fsp3) is 0.235. The van der Waals surface area contributed by atoms with E-state index in [0.29, 0.717) is 27.1 Å². The molecule has 6 heteroatoms. The standard InChI is InChI=1S/C17H16Cl2O4/c1-10-6-15(21-2)16(22-3)8-12(10)9-23-17(20)11-4-5-13(18)14(19)7-11/h4-8H,9H2,1-3H3. The van der Waals surface area contributed by atoms with Gasteiger partial charge in [0, 0.05) is 0 Å². The lowest BCUT2D eigenvalue weighted by Crippen LogP contribution is -2.06. The Hall–Kier alpha value is -1.91. The summed E-state index contributed by atoms with van der Waals surface area (Å²) in [6, 6.07) is 8.23. The number of esters is 1. The highest BCUT2D eigenvalue weighted by Crippen LogP contribution is 2.30. The molecule has 0 atom stereocenters. The molecule has 2 aromatic rings. The second kappa shape index (κ2) is 7.57. The van der Waals surface area contributed by atoms with Crippen molar-refractivity contribution >= 4 is 29.2 Å². The summed E-state index contributed by atoms with van der Waals surface area (Å²) in [6.07, 6.45) is 0. The van der Waals surface area contributed by atoms with Crippen molar-refractivity contribution in [1.82, 2.24) is 0 Å². The van der Waals surface area contributed by atoms with E-state index in [9.17, 15) is 4.79 Å². The maximum atomic E-state index is 12.1. The van der Waals surface area contributed by atoms with Crippen LogP contribution < -0.4 is 9.47 Å². The Morgan fingerprint density at radius 1 is 1.00 bits per heavy atom. The molecule has 0 saturated heterocycles. The van der Waals surface area contributed by atoms with Gasteiger partial charge in [0.15, 0.2) is 11.5 Å². The summed E-state index contributed by atoms with van der Waals surface area (Å²) in [5.74, 6) is 0.737. The average Bonchev–Trinajstić information content (AvgIpc) is 2.55. The Bertz CT molecular complexity index is 729. The van der Waals surface area contributed by atoms with Crippen LogP contribution in [0.3, 0.4) is 0 Å². The van der Waals surface area contributed by atoms with Gasteiger partial charge in [-0.2, -0.15) is 0 Å². The lowest BCUT2D eigenvalue weighted by Gasteiger charge is -2.13. The van der Waals surface area contributed by atoms with Crippen LogP contribution >= 0.6 is 23.2 Å². The van der Waals surface area contributed by atoms with E-state index in [1.165, 1.54) is 6.07 Å². The third-order valence-corrected chi connectivity index (χ3v) is 4.10. The van der Waals surface area contributed by atoms with E-state index in [1.54, 1.807) is 32.4 Å². The van der Waals surface area contributed by atoms with Crippen molar-refractivity contribution in [1.29, 1.82) is 0 Å². The van der Waals surface area contributed by atoms with Crippen LogP contribution in [0.25, 0.3) is 0 Å².